The van der Waals surface area contributed by atoms with Gasteiger partial charge in [-0.2, -0.15) is 0 Å². The Labute approximate surface area is 113 Å². The Hall–Kier alpha value is -2.04. The number of aliphatic imine (C=N–C) groups is 1. The van der Waals surface area contributed by atoms with Crippen LogP contribution in [0, 0.1) is 5.92 Å². The van der Waals surface area contributed by atoms with Gasteiger partial charge in [-0.1, -0.05) is 37.3 Å². The summed E-state index contributed by atoms with van der Waals surface area (Å²) in [7, 11) is 0. The van der Waals surface area contributed by atoms with E-state index in [-0.39, 0.29) is 5.92 Å². The number of alkyl carbamates (subject to hydrolysis) is 1. The maximum Gasteiger partial charge on any atom is 0.407 e. The Morgan fingerprint density at radius 2 is 2.26 bits per heavy atom. The number of hydrogen-bond donors (Lipinski definition) is 2. The van der Waals surface area contributed by atoms with Crippen LogP contribution in [0.1, 0.15) is 12.5 Å². The second kappa shape index (κ2) is 6.78. The highest BCUT2D eigenvalue weighted by molar-refractivity contribution is 5.86. The van der Waals surface area contributed by atoms with Crippen LogP contribution in [0.4, 0.5) is 4.79 Å². The van der Waals surface area contributed by atoms with Gasteiger partial charge in [0.25, 0.3) is 0 Å². The van der Waals surface area contributed by atoms with E-state index in [1.807, 2.05) is 37.3 Å². The molecule has 0 radical (unpaired) electrons. The quantitative estimate of drug-likeness (QED) is 0.845. The summed E-state index contributed by atoms with van der Waals surface area (Å²) in [6.45, 7) is 4.55. The Kier molecular flexibility index (Phi) is 4.78. The van der Waals surface area contributed by atoms with Crippen molar-refractivity contribution in [2.75, 3.05) is 19.6 Å². The Balaban J connectivity index is 1.67. The molecule has 1 unspecified atom stereocenters. The molecule has 0 saturated carbocycles. The zero-order chi connectivity index (χ0) is 13.5. The molecule has 5 nitrogen and oxygen atoms in total. The van der Waals surface area contributed by atoms with Gasteiger partial charge in [0.15, 0.2) is 0 Å². The molecule has 1 aliphatic rings. The fourth-order valence-electron chi connectivity index (χ4n) is 1.85. The number of hydrogen-bond acceptors (Lipinski definition) is 4. The monoisotopic (exact) mass is 261 g/mol. The van der Waals surface area contributed by atoms with E-state index in [0.29, 0.717) is 13.2 Å². The van der Waals surface area contributed by atoms with Crippen LogP contribution < -0.4 is 10.6 Å². The number of carbonyl (C=O) groups is 1. The first-order valence-electron chi connectivity index (χ1n) is 6.48. The first kappa shape index (κ1) is 13.4. The van der Waals surface area contributed by atoms with Crippen molar-refractivity contribution in [1.82, 2.24) is 10.6 Å². The number of nitrogens with zero attached hydrogens (tertiary/aromatic N) is 1. The minimum Gasteiger partial charge on any atom is -0.445 e. The van der Waals surface area contributed by atoms with Crippen LogP contribution in [0.5, 0.6) is 0 Å². The second-order valence-electron chi connectivity index (χ2n) is 4.54. The molecule has 0 fully saturated rings. The maximum atomic E-state index is 11.5. The summed E-state index contributed by atoms with van der Waals surface area (Å²) in [6.07, 6.45) is -0.394. The molecule has 19 heavy (non-hydrogen) atoms. The zero-order valence-corrected chi connectivity index (χ0v) is 11.1. The summed E-state index contributed by atoms with van der Waals surface area (Å²) in [6, 6.07) is 9.62. The number of ether oxygens (including phenoxy) is 1. The molecule has 1 heterocycles. The average Bonchev–Trinajstić information content (AvgIpc) is 2.98. The van der Waals surface area contributed by atoms with Crippen molar-refractivity contribution in [3.63, 3.8) is 0 Å². The van der Waals surface area contributed by atoms with Crippen molar-refractivity contribution in [3.05, 3.63) is 35.9 Å². The summed E-state index contributed by atoms with van der Waals surface area (Å²) in [5.41, 5.74) is 0.979. The number of benzene rings is 1. The van der Waals surface area contributed by atoms with Crippen LogP contribution in [-0.4, -0.2) is 31.6 Å². The van der Waals surface area contributed by atoms with E-state index in [1.54, 1.807) is 0 Å². The molecule has 0 spiro atoms. The van der Waals surface area contributed by atoms with Crippen LogP contribution in [0.25, 0.3) is 0 Å². The first-order valence-corrected chi connectivity index (χ1v) is 6.48. The molecule has 0 bridgehead atoms. The highest BCUT2D eigenvalue weighted by Gasteiger charge is 2.14. The Morgan fingerprint density at radius 1 is 1.47 bits per heavy atom. The summed E-state index contributed by atoms with van der Waals surface area (Å²) < 4.78 is 5.13. The number of amides is 1. The van der Waals surface area contributed by atoms with E-state index < -0.39 is 6.09 Å². The molecule has 1 aromatic carbocycles. The predicted molar refractivity (Wildman–Crippen MR) is 74.1 cm³/mol. The lowest BCUT2D eigenvalue weighted by Gasteiger charge is -2.13. The van der Waals surface area contributed by atoms with Crippen LogP contribution in [0.15, 0.2) is 35.3 Å². The largest absolute Gasteiger partial charge is 0.445 e. The lowest BCUT2D eigenvalue weighted by atomic mass is 10.1. The lowest BCUT2D eigenvalue weighted by Crippen LogP contribution is -2.35. The van der Waals surface area contributed by atoms with Gasteiger partial charge in [-0.15, -0.1) is 0 Å². The molecule has 1 amide bonds. The van der Waals surface area contributed by atoms with Crippen molar-refractivity contribution in [2.45, 2.75) is 13.5 Å². The zero-order valence-electron chi connectivity index (χ0n) is 11.1. The van der Waals surface area contributed by atoms with E-state index >= 15 is 0 Å². The molecule has 0 aliphatic carbocycles. The molecule has 0 saturated heterocycles. The summed E-state index contributed by atoms with van der Waals surface area (Å²) >= 11 is 0. The summed E-state index contributed by atoms with van der Waals surface area (Å²) in [4.78, 5) is 15.9. The normalized spacial score (nSPS) is 15.3. The van der Waals surface area contributed by atoms with Crippen molar-refractivity contribution in [1.29, 1.82) is 0 Å². The number of nitrogens with one attached hydrogen (secondary N) is 2. The van der Waals surface area contributed by atoms with Gasteiger partial charge in [-0.05, 0) is 5.56 Å². The predicted octanol–water partition coefficient (Wildman–Crippen LogP) is 1.55. The van der Waals surface area contributed by atoms with Crippen molar-refractivity contribution in [3.8, 4) is 0 Å². The molecule has 0 aromatic heterocycles. The minimum absolute atomic E-state index is 0.187. The molecule has 2 N–H and O–H groups in total. The third-order valence-electron chi connectivity index (χ3n) is 2.93. The molecule has 1 atom stereocenters. The van der Waals surface area contributed by atoms with Crippen molar-refractivity contribution in [2.24, 2.45) is 10.9 Å². The molecule has 5 heteroatoms. The Bertz CT molecular complexity index is 445. The minimum atomic E-state index is -0.394. The van der Waals surface area contributed by atoms with Gasteiger partial charge < -0.3 is 15.4 Å². The van der Waals surface area contributed by atoms with Crippen molar-refractivity contribution < 1.29 is 9.53 Å². The molecule has 1 aromatic rings. The van der Waals surface area contributed by atoms with E-state index in [1.165, 1.54) is 0 Å². The number of amidine groups is 1. The van der Waals surface area contributed by atoms with Crippen LogP contribution in [0.3, 0.4) is 0 Å². The highest BCUT2D eigenvalue weighted by Crippen LogP contribution is 2.02. The summed E-state index contributed by atoms with van der Waals surface area (Å²) in [5.74, 6) is 1.15. The third-order valence-corrected chi connectivity index (χ3v) is 2.93. The molecule has 102 valence electrons. The van der Waals surface area contributed by atoms with Crippen LogP contribution in [-0.2, 0) is 11.3 Å². The van der Waals surface area contributed by atoms with Gasteiger partial charge >= 0.3 is 6.09 Å². The number of carbonyl (C=O) groups excluding carboxylic acids is 1. The third kappa shape index (κ3) is 4.28. The summed E-state index contributed by atoms with van der Waals surface area (Å²) in [5, 5.41) is 5.94. The molecular weight excluding hydrogens is 242 g/mol. The SMILES string of the molecule is CC(CNC(=O)OCc1ccccc1)C1=NCCN1. The van der Waals surface area contributed by atoms with Gasteiger partial charge in [0.05, 0.1) is 6.54 Å². The molecular formula is C14H19N3O2. The van der Waals surface area contributed by atoms with Gasteiger partial charge in [-0.25, -0.2) is 4.79 Å². The molecule has 2 rings (SSSR count). The first-order chi connectivity index (χ1) is 9.25. The van der Waals surface area contributed by atoms with Gasteiger partial charge in [0.2, 0.25) is 0 Å². The van der Waals surface area contributed by atoms with Gasteiger partial charge in [0, 0.05) is 19.0 Å². The van der Waals surface area contributed by atoms with E-state index in [2.05, 4.69) is 15.6 Å². The Morgan fingerprint density at radius 3 is 2.95 bits per heavy atom. The fraction of sp³-hybridized carbons (Fsp3) is 0.429. The second-order valence-corrected chi connectivity index (χ2v) is 4.54. The van der Waals surface area contributed by atoms with Gasteiger partial charge in [-0.3, -0.25) is 4.99 Å². The van der Waals surface area contributed by atoms with E-state index in [0.717, 1.165) is 24.5 Å². The van der Waals surface area contributed by atoms with E-state index in [4.69, 9.17) is 4.74 Å². The fourth-order valence-corrected chi connectivity index (χ4v) is 1.85. The van der Waals surface area contributed by atoms with Crippen LogP contribution >= 0.6 is 0 Å². The topological polar surface area (TPSA) is 62.7 Å². The van der Waals surface area contributed by atoms with Gasteiger partial charge in [0.1, 0.15) is 12.4 Å². The average molecular weight is 261 g/mol. The lowest BCUT2D eigenvalue weighted by molar-refractivity contribution is 0.139. The smallest absolute Gasteiger partial charge is 0.407 e. The molecule has 1 aliphatic heterocycles. The highest BCUT2D eigenvalue weighted by atomic mass is 16.5. The standard InChI is InChI=1S/C14H19N3O2/c1-11(13-15-7-8-16-13)9-17-14(18)19-10-12-5-3-2-4-6-12/h2-6,11H,7-10H2,1H3,(H,15,16)(H,17,18). The maximum absolute atomic E-state index is 11.5. The van der Waals surface area contributed by atoms with Crippen molar-refractivity contribution >= 4 is 11.9 Å². The van der Waals surface area contributed by atoms with E-state index in [9.17, 15) is 4.79 Å². The number of rotatable bonds is 5. The van der Waals surface area contributed by atoms with Crippen LogP contribution in [0.2, 0.25) is 0 Å².